The van der Waals surface area contributed by atoms with Gasteiger partial charge in [0.2, 0.25) is 0 Å². The van der Waals surface area contributed by atoms with E-state index < -0.39 is 17.5 Å². The number of rotatable bonds is 6. The molecule has 0 aliphatic heterocycles. The second kappa shape index (κ2) is 6.98. The topological polar surface area (TPSA) is 86.7 Å². The lowest BCUT2D eigenvalue weighted by Gasteiger charge is -2.17. The molecule has 1 aromatic carbocycles. The molecule has 0 saturated heterocycles. The zero-order chi connectivity index (χ0) is 17.0. The lowest BCUT2D eigenvalue weighted by molar-refractivity contribution is 0.0523. The van der Waals surface area contributed by atoms with E-state index in [0.717, 1.165) is 0 Å². The summed E-state index contributed by atoms with van der Waals surface area (Å²) in [7, 11) is 1.29. The fraction of sp³-hybridized carbons (Fsp3) is 0.375. The number of carbonyl (C=O) groups is 4. The van der Waals surface area contributed by atoms with Crippen LogP contribution < -0.4 is 4.74 Å². The van der Waals surface area contributed by atoms with E-state index in [1.54, 1.807) is 6.92 Å². The van der Waals surface area contributed by atoms with Crippen LogP contribution in [0.5, 0.6) is 5.75 Å². The molecule has 1 rings (SSSR count). The first-order valence-corrected chi connectivity index (χ1v) is 6.71. The van der Waals surface area contributed by atoms with Crippen molar-refractivity contribution in [1.29, 1.82) is 0 Å². The Morgan fingerprint density at radius 3 is 1.82 bits per heavy atom. The van der Waals surface area contributed by atoms with Crippen LogP contribution in [0.4, 0.5) is 0 Å². The smallest absolute Gasteiger partial charge is 0.338 e. The van der Waals surface area contributed by atoms with Crippen LogP contribution in [0.25, 0.3) is 0 Å². The molecule has 0 saturated carbocycles. The number of carbonyl (C=O) groups excluding carboxylic acids is 4. The van der Waals surface area contributed by atoms with Crippen molar-refractivity contribution in [3.8, 4) is 5.75 Å². The van der Waals surface area contributed by atoms with Gasteiger partial charge in [-0.05, 0) is 33.8 Å². The molecule has 0 amide bonds. The summed E-state index contributed by atoms with van der Waals surface area (Å²) in [6.45, 7) is 5.48. The van der Waals surface area contributed by atoms with Crippen LogP contribution >= 0.6 is 0 Å². The molecule has 0 aromatic heterocycles. The minimum Gasteiger partial charge on any atom is -0.495 e. The van der Waals surface area contributed by atoms with Gasteiger partial charge in [0.1, 0.15) is 5.75 Å². The first-order valence-electron chi connectivity index (χ1n) is 6.71. The fourth-order valence-electron chi connectivity index (χ4n) is 2.21. The Balaban J connectivity index is 3.91. The lowest BCUT2D eigenvalue weighted by atomic mass is 9.90. The maximum Gasteiger partial charge on any atom is 0.338 e. The summed E-state index contributed by atoms with van der Waals surface area (Å²) >= 11 is 0. The molecular formula is C16H18O6. The molecule has 1 aromatic rings. The molecule has 0 heterocycles. The number of methoxy groups -OCH3 is 1. The highest BCUT2D eigenvalue weighted by molar-refractivity contribution is 6.17. The highest BCUT2D eigenvalue weighted by Crippen LogP contribution is 2.32. The summed E-state index contributed by atoms with van der Waals surface area (Å²) in [5.74, 6) is -2.11. The SMILES string of the molecule is CCOC(=O)c1cc(C(C)=O)c(OC)c(C(C)=O)c1C(C)=O. The van der Waals surface area contributed by atoms with Crippen molar-refractivity contribution in [2.24, 2.45) is 0 Å². The quantitative estimate of drug-likeness (QED) is 0.592. The summed E-state index contributed by atoms with van der Waals surface area (Å²) in [5, 5.41) is 0. The van der Waals surface area contributed by atoms with Gasteiger partial charge in [0.25, 0.3) is 0 Å². The minimum absolute atomic E-state index is 0.00162. The molecule has 0 radical (unpaired) electrons. The summed E-state index contributed by atoms with van der Waals surface area (Å²) in [5.41, 5.74) is -0.218. The monoisotopic (exact) mass is 306 g/mol. The van der Waals surface area contributed by atoms with Crippen LogP contribution in [-0.2, 0) is 4.74 Å². The molecule has 0 aliphatic rings. The predicted octanol–water partition coefficient (Wildman–Crippen LogP) is 2.48. The molecule has 0 spiro atoms. The fourth-order valence-corrected chi connectivity index (χ4v) is 2.21. The third-order valence-electron chi connectivity index (χ3n) is 3.06. The zero-order valence-electron chi connectivity index (χ0n) is 13.2. The Hall–Kier alpha value is -2.50. The van der Waals surface area contributed by atoms with E-state index in [9.17, 15) is 19.2 Å². The average Bonchev–Trinajstić information content (AvgIpc) is 2.44. The van der Waals surface area contributed by atoms with Crippen molar-refractivity contribution in [3.63, 3.8) is 0 Å². The maximum absolute atomic E-state index is 12.1. The van der Waals surface area contributed by atoms with Gasteiger partial charge in [-0.3, -0.25) is 14.4 Å². The van der Waals surface area contributed by atoms with Crippen LogP contribution in [0, 0.1) is 0 Å². The first kappa shape index (κ1) is 17.6. The largest absolute Gasteiger partial charge is 0.495 e. The van der Waals surface area contributed by atoms with E-state index in [2.05, 4.69) is 0 Å². The van der Waals surface area contributed by atoms with E-state index >= 15 is 0 Å². The number of ether oxygens (including phenoxy) is 2. The van der Waals surface area contributed by atoms with Gasteiger partial charge in [-0.15, -0.1) is 0 Å². The standard InChI is InChI=1S/C16H18O6/c1-6-22-16(20)12-7-11(8(2)17)15(21-5)14(10(4)19)13(12)9(3)18/h7H,6H2,1-5H3. The van der Waals surface area contributed by atoms with E-state index in [-0.39, 0.29) is 40.4 Å². The third-order valence-corrected chi connectivity index (χ3v) is 3.06. The summed E-state index contributed by atoms with van der Waals surface area (Å²) in [6, 6.07) is 1.24. The van der Waals surface area contributed by atoms with Crippen molar-refractivity contribution >= 4 is 23.3 Å². The van der Waals surface area contributed by atoms with E-state index in [0.29, 0.717) is 0 Å². The number of Topliss-reactive ketones (excluding diaryl/α,β-unsaturated/α-hetero) is 3. The second-order valence-corrected chi connectivity index (χ2v) is 4.64. The Labute approximate surface area is 128 Å². The van der Waals surface area contributed by atoms with Crippen molar-refractivity contribution in [3.05, 3.63) is 28.3 Å². The van der Waals surface area contributed by atoms with E-state index in [1.165, 1.54) is 33.9 Å². The molecule has 0 aliphatic carbocycles. The van der Waals surface area contributed by atoms with Gasteiger partial charge in [0.05, 0.1) is 30.4 Å². The van der Waals surface area contributed by atoms with Crippen LogP contribution in [0.2, 0.25) is 0 Å². The number of esters is 1. The molecule has 22 heavy (non-hydrogen) atoms. The average molecular weight is 306 g/mol. The second-order valence-electron chi connectivity index (χ2n) is 4.64. The first-order chi connectivity index (χ1) is 10.3. The normalized spacial score (nSPS) is 10.0. The van der Waals surface area contributed by atoms with Crippen molar-refractivity contribution in [1.82, 2.24) is 0 Å². The van der Waals surface area contributed by atoms with Gasteiger partial charge in [-0.1, -0.05) is 0 Å². The number of benzene rings is 1. The van der Waals surface area contributed by atoms with Gasteiger partial charge in [0, 0.05) is 5.56 Å². The summed E-state index contributed by atoms with van der Waals surface area (Å²) in [4.78, 5) is 47.8. The van der Waals surface area contributed by atoms with Crippen LogP contribution in [-0.4, -0.2) is 37.0 Å². The number of ketones is 3. The Morgan fingerprint density at radius 1 is 0.909 bits per heavy atom. The lowest BCUT2D eigenvalue weighted by Crippen LogP contribution is -2.18. The highest BCUT2D eigenvalue weighted by Gasteiger charge is 2.29. The molecule has 0 N–H and O–H groups in total. The van der Waals surface area contributed by atoms with E-state index in [1.807, 2.05) is 0 Å². The Morgan fingerprint density at radius 2 is 1.45 bits per heavy atom. The van der Waals surface area contributed by atoms with Gasteiger partial charge < -0.3 is 9.47 Å². The Bertz CT molecular complexity index is 657. The molecule has 0 atom stereocenters. The van der Waals surface area contributed by atoms with Crippen LogP contribution in [0.3, 0.4) is 0 Å². The van der Waals surface area contributed by atoms with Gasteiger partial charge in [0.15, 0.2) is 17.3 Å². The third kappa shape index (κ3) is 3.21. The zero-order valence-corrected chi connectivity index (χ0v) is 13.2. The molecular weight excluding hydrogens is 288 g/mol. The number of hydrogen-bond acceptors (Lipinski definition) is 6. The van der Waals surface area contributed by atoms with Crippen molar-refractivity contribution < 1.29 is 28.7 Å². The summed E-state index contributed by atoms with van der Waals surface area (Å²) in [6.07, 6.45) is 0. The molecule has 0 fully saturated rings. The summed E-state index contributed by atoms with van der Waals surface area (Å²) < 4.78 is 10.0. The molecule has 0 bridgehead atoms. The molecule has 6 nitrogen and oxygen atoms in total. The molecule has 6 heteroatoms. The highest BCUT2D eigenvalue weighted by atomic mass is 16.5. The van der Waals surface area contributed by atoms with Crippen molar-refractivity contribution in [2.45, 2.75) is 27.7 Å². The van der Waals surface area contributed by atoms with Gasteiger partial charge in [-0.25, -0.2) is 4.79 Å². The minimum atomic E-state index is -0.764. The predicted molar refractivity (Wildman–Crippen MR) is 79.0 cm³/mol. The van der Waals surface area contributed by atoms with E-state index in [4.69, 9.17) is 9.47 Å². The molecule has 118 valence electrons. The van der Waals surface area contributed by atoms with Gasteiger partial charge >= 0.3 is 5.97 Å². The Kier molecular flexibility index (Phi) is 5.56. The van der Waals surface area contributed by atoms with Crippen LogP contribution in [0.15, 0.2) is 6.07 Å². The van der Waals surface area contributed by atoms with Gasteiger partial charge in [-0.2, -0.15) is 0 Å². The van der Waals surface area contributed by atoms with Crippen LogP contribution in [0.1, 0.15) is 69.1 Å². The van der Waals surface area contributed by atoms with Crippen molar-refractivity contribution in [2.75, 3.05) is 13.7 Å². The molecule has 0 unspecified atom stereocenters. The number of hydrogen-bond donors (Lipinski definition) is 0. The maximum atomic E-state index is 12.1.